The lowest BCUT2D eigenvalue weighted by molar-refractivity contribution is 0.0575. The van der Waals surface area contributed by atoms with Gasteiger partial charge in [0.25, 0.3) is 0 Å². The minimum Gasteiger partial charge on any atom is -0.381 e. The summed E-state index contributed by atoms with van der Waals surface area (Å²) >= 11 is 0. The van der Waals surface area contributed by atoms with Crippen LogP contribution >= 0.6 is 0 Å². The molecule has 2 heterocycles. The number of anilines is 1. The molecule has 0 bridgehead atoms. The summed E-state index contributed by atoms with van der Waals surface area (Å²) in [5, 5.41) is 8.91. The summed E-state index contributed by atoms with van der Waals surface area (Å²) in [6.07, 6.45) is 2.30. The van der Waals surface area contributed by atoms with E-state index in [0.29, 0.717) is 17.6 Å². The van der Waals surface area contributed by atoms with Crippen LogP contribution in [0.25, 0.3) is 0 Å². The fourth-order valence-corrected chi connectivity index (χ4v) is 2.20. The van der Waals surface area contributed by atoms with Gasteiger partial charge in [-0.1, -0.05) is 0 Å². The summed E-state index contributed by atoms with van der Waals surface area (Å²) in [4.78, 5) is 10.6. The normalized spacial score (nSPS) is 19.3. The molecule has 1 aliphatic rings. The van der Waals surface area contributed by atoms with Crippen LogP contribution in [0.15, 0.2) is 6.07 Å². The van der Waals surface area contributed by atoms with Gasteiger partial charge in [0.1, 0.15) is 11.8 Å². The van der Waals surface area contributed by atoms with E-state index in [4.69, 9.17) is 10.00 Å². The van der Waals surface area contributed by atoms with Crippen molar-refractivity contribution in [3.63, 3.8) is 0 Å². The summed E-state index contributed by atoms with van der Waals surface area (Å²) < 4.78 is 5.47. The molecule has 96 valence electrons. The zero-order chi connectivity index (χ0) is 13.0. The molecule has 5 heteroatoms. The van der Waals surface area contributed by atoms with E-state index >= 15 is 0 Å². The first kappa shape index (κ1) is 12.8. The first-order valence-electron chi connectivity index (χ1n) is 6.23. The third-order valence-electron chi connectivity index (χ3n) is 3.09. The Kier molecular flexibility index (Phi) is 4.11. The van der Waals surface area contributed by atoms with Gasteiger partial charge in [0.2, 0.25) is 5.95 Å². The van der Waals surface area contributed by atoms with E-state index in [2.05, 4.69) is 16.0 Å². The second-order valence-corrected chi connectivity index (χ2v) is 4.77. The van der Waals surface area contributed by atoms with Gasteiger partial charge >= 0.3 is 0 Å². The molecular formula is C13H18N4O. The SMILES string of the molecule is Cc1cc(C#N)nc(N(C)CC2CCCOC2)n1. The zero-order valence-corrected chi connectivity index (χ0v) is 10.9. The van der Waals surface area contributed by atoms with Crippen molar-refractivity contribution in [1.82, 2.24) is 9.97 Å². The molecular weight excluding hydrogens is 228 g/mol. The minimum absolute atomic E-state index is 0.421. The highest BCUT2D eigenvalue weighted by Crippen LogP contribution is 2.17. The van der Waals surface area contributed by atoms with Gasteiger partial charge in [-0.15, -0.1) is 0 Å². The molecule has 1 aliphatic heterocycles. The van der Waals surface area contributed by atoms with E-state index < -0.39 is 0 Å². The maximum Gasteiger partial charge on any atom is 0.226 e. The molecule has 5 nitrogen and oxygen atoms in total. The average Bonchev–Trinajstić information content (AvgIpc) is 2.39. The van der Waals surface area contributed by atoms with Crippen molar-refractivity contribution in [2.75, 3.05) is 31.7 Å². The quantitative estimate of drug-likeness (QED) is 0.809. The van der Waals surface area contributed by atoms with Gasteiger partial charge in [-0.05, 0) is 31.7 Å². The molecule has 1 atom stereocenters. The Bertz CT molecular complexity index is 449. The zero-order valence-electron chi connectivity index (χ0n) is 10.9. The molecule has 0 saturated carbocycles. The highest BCUT2D eigenvalue weighted by molar-refractivity contribution is 5.35. The first-order valence-corrected chi connectivity index (χ1v) is 6.23. The van der Waals surface area contributed by atoms with Crippen molar-refractivity contribution in [3.8, 4) is 6.07 Å². The number of rotatable bonds is 3. The van der Waals surface area contributed by atoms with Crippen LogP contribution in [0.1, 0.15) is 24.2 Å². The van der Waals surface area contributed by atoms with Crippen LogP contribution in [0.4, 0.5) is 5.95 Å². The van der Waals surface area contributed by atoms with E-state index in [9.17, 15) is 0 Å². The number of hydrogen-bond donors (Lipinski definition) is 0. The van der Waals surface area contributed by atoms with Gasteiger partial charge in [0, 0.05) is 25.9 Å². The molecule has 0 N–H and O–H groups in total. The number of hydrogen-bond acceptors (Lipinski definition) is 5. The Labute approximate surface area is 107 Å². The van der Waals surface area contributed by atoms with Crippen molar-refractivity contribution in [2.45, 2.75) is 19.8 Å². The van der Waals surface area contributed by atoms with Crippen LogP contribution in [0.2, 0.25) is 0 Å². The third-order valence-corrected chi connectivity index (χ3v) is 3.09. The van der Waals surface area contributed by atoms with Crippen LogP contribution in [0, 0.1) is 24.2 Å². The molecule has 1 aromatic rings. The van der Waals surface area contributed by atoms with Gasteiger partial charge in [-0.25, -0.2) is 9.97 Å². The molecule has 1 unspecified atom stereocenters. The van der Waals surface area contributed by atoms with Crippen molar-refractivity contribution in [2.24, 2.45) is 5.92 Å². The van der Waals surface area contributed by atoms with Crippen LogP contribution in [0.3, 0.4) is 0 Å². The monoisotopic (exact) mass is 246 g/mol. The second kappa shape index (κ2) is 5.78. The predicted molar refractivity (Wildman–Crippen MR) is 68.3 cm³/mol. The van der Waals surface area contributed by atoms with Gasteiger partial charge in [0.05, 0.1) is 6.61 Å². The van der Waals surface area contributed by atoms with Crippen molar-refractivity contribution in [1.29, 1.82) is 5.26 Å². The van der Waals surface area contributed by atoms with E-state index in [1.54, 1.807) is 6.07 Å². The summed E-state index contributed by atoms with van der Waals surface area (Å²) in [6.45, 7) is 4.43. The van der Waals surface area contributed by atoms with Crippen LogP contribution in [0.5, 0.6) is 0 Å². The van der Waals surface area contributed by atoms with Crippen molar-refractivity contribution >= 4 is 5.95 Å². The van der Waals surface area contributed by atoms with Gasteiger partial charge in [0.15, 0.2) is 0 Å². The molecule has 2 rings (SSSR count). The summed E-state index contributed by atoms with van der Waals surface area (Å²) in [5.74, 6) is 1.15. The summed E-state index contributed by atoms with van der Waals surface area (Å²) in [7, 11) is 1.96. The Morgan fingerprint density at radius 3 is 3.06 bits per heavy atom. The molecule has 0 radical (unpaired) electrons. The van der Waals surface area contributed by atoms with E-state index in [-0.39, 0.29) is 0 Å². The molecule has 0 spiro atoms. The van der Waals surface area contributed by atoms with Gasteiger partial charge in [-0.2, -0.15) is 5.26 Å². The number of aromatic nitrogens is 2. The standard InChI is InChI=1S/C13H18N4O/c1-10-6-12(7-14)16-13(15-10)17(2)8-11-4-3-5-18-9-11/h6,11H,3-5,8-9H2,1-2H3. The molecule has 0 aromatic carbocycles. The van der Waals surface area contributed by atoms with E-state index in [1.807, 2.05) is 18.9 Å². The fraction of sp³-hybridized carbons (Fsp3) is 0.615. The maximum atomic E-state index is 8.91. The summed E-state index contributed by atoms with van der Waals surface area (Å²) in [5.41, 5.74) is 1.24. The second-order valence-electron chi connectivity index (χ2n) is 4.77. The Morgan fingerprint density at radius 1 is 1.56 bits per heavy atom. The molecule has 0 amide bonds. The van der Waals surface area contributed by atoms with E-state index in [0.717, 1.165) is 31.9 Å². The molecule has 1 saturated heterocycles. The van der Waals surface area contributed by atoms with Gasteiger partial charge < -0.3 is 9.64 Å². The average molecular weight is 246 g/mol. The lowest BCUT2D eigenvalue weighted by Gasteiger charge is -2.27. The highest BCUT2D eigenvalue weighted by Gasteiger charge is 2.17. The van der Waals surface area contributed by atoms with Crippen molar-refractivity contribution in [3.05, 3.63) is 17.5 Å². The molecule has 0 aliphatic carbocycles. The molecule has 18 heavy (non-hydrogen) atoms. The van der Waals surface area contributed by atoms with Gasteiger partial charge in [-0.3, -0.25) is 0 Å². The van der Waals surface area contributed by atoms with E-state index in [1.165, 1.54) is 6.42 Å². The number of nitriles is 1. The van der Waals surface area contributed by atoms with Crippen LogP contribution < -0.4 is 4.90 Å². The lowest BCUT2D eigenvalue weighted by Crippen LogP contribution is -2.32. The lowest BCUT2D eigenvalue weighted by atomic mass is 10.0. The highest BCUT2D eigenvalue weighted by atomic mass is 16.5. The summed E-state index contributed by atoms with van der Waals surface area (Å²) in [6, 6.07) is 3.76. The maximum absolute atomic E-state index is 8.91. The Morgan fingerprint density at radius 2 is 2.39 bits per heavy atom. The first-order chi connectivity index (χ1) is 8.69. The number of nitrogens with zero attached hydrogens (tertiary/aromatic N) is 4. The largest absolute Gasteiger partial charge is 0.381 e. The number of aryl methyl sites for hydroxylation is 1. The fourth-order valence-electron chi connectivity index (χ4n) is 2.20. The van der Waals surface area contributed by atoms with Crippen molar-refractivity contribution < 1.29 is 4.74 Å². The minimum atomic E-state index is 0.421. The third kappa shape index (κ3) is 3.17. The molecule has 1 aromatic heterocycles. The smallest absolute Gasteiger partial charge is 0.226 e. The van der Waals surface area contributed by atoms with Crippen LogP contribution in [-0.4, -0.2) is 36.8 Å². The predicted octanol–water partition coefficient (Wildman–Crippen LogP) is 1.52. The van der Waals surface area contributed by atoms with Crippen LogP contribution in [-0.2, 0) is 4.74 Å². The Balaban J connectivity index is 2.05. The topological polar surface area (TPSA) is 62.0 Å². The molecule has 1 fully saturated rings. The Hall–Kier alpha value is -1.67. The number of ether oxygens (including phenoxy) is 1.